The van der Waals surface area contributed by atoms with Gasteiger partial charge in [-0.1, -0.05) is 77.1 Å². The first-order chi connectivity index (χ1) is 14.4. The quantitative estimate of drug-likeness (QED) is 0.410. The molecule has 0 aliphatic carbocycles. The van der Waals surface area contributed by atoms with E-state index in [1.165, 1.54) is 39.3 Å². The summed E-state index contributed by atoms with van der Waals surface area (Å²) in [6.45, 7) is 12.4. The van der Waals surface area contributed by atoms with Crippen LogP contribution in [-0.4, -0.2) is 13.6 Å². The Morgan fingerprint density at radius 1 is 0.767 bits per heavy atom. The lowest BCUT2D eigenvalue weighted by molar-refractivity contribution is 0.837. The Hall–Kier alpha value is -2.74. The second kappa shape index (κ2) is 9.84. The lowest BCUT2D eigenvalue weighted by Crippen LogP contribution is -2.19. The van der Waals surface area contributed by atoms with E-state index < -0.39 is 0 Å². The molecule has 3 aromatic rings. The molecule has 0 aliphatic heterocycles. The molecule has 0 aliphatic rings. The van der Waals surface area contributed by atoms with E-state index in [0.29, 0.717) is 11.8 Å². The fraction of sp³-hybridized carbons (Fsp3) is 0.357. The maximum atomic E-state index is 3.85. The minimum absolute atomic E-state index is 0.425. The molecular formula is C28H36N2. The smallest absolute Gasteiger partial charge is 0.0622 e. The molecule has 0 saturated carbocycles. The van der Waals surface area contributed by atoms with Gasteiger partial charge in [0.25, 0.3) is 0 Å². The minimum atomic E-state index is 0.425. The zero-order valence-electron chi connectivity index (χ0n) is 19.4. The second-order valence-corrected chi connectivity index (χ2v) is 8.77. The van der Waals surface area contributed by atoms with Crippen LogP contribution in [0.2, 0.25) is 0 Å². The maximum absolute atomic E-state index is 3.85. The van der Waals surface area contributed by atoms with Gasteiger partial charge in [0.05, 0.1) is 11.4 Å². The first-order valence-corrected chi connectivity index (χ1v) is 11.2. The highest BCUT2D eigenvalue weighted by Gasteiger charge is 2.18. The van der Waals surface area contributed by atoms with Crippen LogP contribution in [0.25, 0.3) is 11.1 Å². The van der Waals surface area contributed by atoms with E-state index in [1.54, 1.807) is 0 Å². The van der Waals surface area contributed by atoms with Gasteiger partial charge in [0.1, 0.15) is 0 Å². The van der Waals surface area contributed by atoms with Crippen molar-refractivity contribution in [2.75, 3.05) is 23.8 Å². The van der Waals surface area contributed by atoms with Gasteiger partial charge >= 0.3 is 0 Å². The van der Waals surface area contributed by atoms with Crippen molar-refractivity contribution < 1.29 is 0 Å². The first-order valence-electron chi connectivity index (χ1n) is 11.2. The van der Waals surface area contributed by atoms with Crippen LogP contribution < -0.4 is 10.2 Å². The Labute approximate surface area is 183 Å². The summed E-state index contributed by atoms with van der Waals surface area (Å²) in [7, 11) is 2.18. The zero-order chi connectivity index (χ0) is 21.7. The van der Waals surface area contributed by atoms with Crippen LogP contribution in [0, 0.1) is 0 Å². The predicted octanol–water partition coefficient (Wildman–Crippen LogP) is 8.19. The van der Waals surface area contributed by atoms with E-state index in [2.05, 4.69) is 119 Å². The molecular weight excluding hydrogens is 364 g/mol. The third-order valence-electron chi connectivity index (χ3n) is 5.68. The number of para-hydroxylation sites is 2. The molecule has 2 heteroatoms. The molecule has 0 unspecified atom stereocenters. The van der Waals surface area contributed by atoms with E-state index in [9.17, 15) is 0 Å². The van der Waals surface area contributed by atoms with Crippen molar-refractivity contribution in [3.8, 4) is 11.1 Å². The highest BCUT2D eigenvalue weighted by molar-refractivity contribution is 5.81. The molecule has 0 bridgehead atoms. The van der Waals surface area contributed by atoms with E-state index in [4.69, 9.17) is 0 Å². The number of hydrogen-bond donors (Lipinski definition) is 1. The lowest BCUT2D eigenvalue weighted by atomic mass is 9.88. The minimum Gasteiger partial charge on any atom is -0.373 e. The van der Waals surface area contributed by atoms with Crippen molar-refractivity contribution in [3.63, 3.8) is 0 Å². The molecule has 0 saturated heterocycles. The number of hydrogen-bond acceptors (Lipinski definition) is 2. The molecule has 0 heterocycles. The number of rotatable bonds is 8. The molecule has 0 spiro atoms. The van der Waals surface area contributed by atoms with Crippen LogP contribution in [-0.2, 0) is 0 Å². The Balaban J connectivity index is 2.13. The van der Waals surface area contributed by atoms with Gasteiger partial charge in [-0.05, 0) is 64.8 Å². The lowest BCUT2D eigenvalue weighted by Gasteiger charge is -2.26. The summed E-state index contributed by atoms with van der Waals surface area (Å²) in [6, 6.07) is 24.1. The average Bonchev–Trinajstić information content (AvgIpc) is 2.74. The van der Waals surface area contributed by atoms with Gasteiger partial charge in [-0.2, -0.15) is 0 Å². The van der Waals surface area contributed by atoms with Crippen LogP contribution in [0.1, 0.15) is 64.0 Å². The molecule has 0 amide bonds. The molecule has 158 valence electrons. The Bertz CT molecular complexity index is 928. The van der Waals surface area contributed by atoms with Gasteiger partial charge in [0.2, 0.25) is 0 Å². The third-order valence-corrected chi connectivity index (χ3v) is 5.68. The van der Waals surface area contributed by atoms with Gasteiger partial charge in [-0.3, -0.25) is 0 Å². The summed E-state index contributed by atoms with van der Waals surface area (Å²) in [5.41, 5.74) is 8.99. The summed E-state index contributed by atoms with van der Waals surface area (Å²) in [5.74, 6) is 0.850. The molecule has 2 nitrogen and oxygen atoms in total. The van der Waals surface area contributed by atoms with Crippen molar-refractivity contribution >= 4 is 17.1 Å². The molecule has 3 rings (SSSR count). The molecule has 30 heavy (non-hydrogen) atoms. The Morgan fingerprint density at radius 3 is 1.90 bits per heavy atom. The normalized spacial score (nSPS) is 11.2. The number of nitrogens with one attached hydrogen (secondary N) is 1. The Morgan fingerprint density at radius 2 is 1.33 bits per heavy atom. The molecule has 1 N–H and O–H groups in total. The van der Waals surface area contributed by atoms with Crippen molar-refractivity contribution in [1.82, 2.24) is 0 Å². The van der Waals surface area contributed by atoms with E-state index in [0.717, 1.165) is 13.0 Å². The monoisotopic (exact) mass is 400 g/mol. The molecule has 0 fully saturated rings. The van der Waals surface area contributed by atoms with E-state index in [1.807, 2.05) is 0 Å². The van der Waals surface area contributed by atoms with Crippen molar-refractivity contribution in [1.29, 1.82) is 0 Å². The zero-order valence-corrected chi connectivity index (χ0v) is 19.4. The topological polar surface area (TPSA) is 15.3 Å². The van der Waals surface area contributed by atoms with Gasteiger partial charge in [-0.25, -0.2) is 0 Å². The summed E-state index contributed by atoms with van der Waals surface area (Å²) in [5, 5.41) is 3.85. The fourth-order valence-electron chi connectivity index (χ4n) is 4.04. The average molecular weight is 401 g/mol. The van der Waals surface area contributed by atoms with Crippen molar-refractivity contribution in [3.05, 3.63) is 77.9 Å². The maximum Gasteiger partial charge on any atom is 0.0622 e. The molecule has 0 atom stereocenters. The predicted molar refractivity (Wildman–Crippen MR) is 133 cm³/mol. The molecule has 0 aromatic heterocycles. The van der Waals surface area contributed by atoms with Gasteiger partial charge < -0.3 is 10.2 Å². The van der Waals surface area contributed by atoms with Crippen molar-refractivity contribution in [2.45, 2.75) is 52.9 Å². The van der Waals surface area contributed by atoms with Crippen LogP contribution in [0.3, 0.4) is 0 Å². The summed E-state index contributed by atoms with van der Waals surface area (Å²) in [6.07, 6.45) is 1.13. The summed E-state index contributed by atoms with van der Waals surface area (Å²) < 4.78 is 0. The number of anilines is 3. The highest BCUT2D eigenvalue weighted by atomic mass is 15.1. The van der Waals surface area contributed by atoms with Gasteiger partial charge in [-0.15, -0.1) is 0 Å². The van der Waals surface area contributed by atoms with E-state index in [-0.39, 0.29) is 0 Å². The van der Waals surface area contributed by atoms with Gasteiger partial charge in [0.15, 0.2) is 0 Å². The number of nitrogens with zero attached hydrogens (tertiary/aromatic N) is 1. The van der Waals surface area contributed by atoms with Crippen molar-refractivity contribution in [2.24, 2.45) is 0 Å². The van der Waals surface area contributed by atoms with Gasteiger partial charge in [0, 0.05) is 19.3 Å². The summed E-state index contributed by atoms with van der Waals surface area (Å²) >= 11 is 0. The van der Waals surface area contributed by atoms with Crippen LogP contribution in [0.4, 0.5) is 17.1 Å². The molecule has 0 radical (unpaired) electrons. The number of benzene rings is 3. The van der Waals surface area contributed by atoms with E-state index >= 15 is 0 Å². The standard InChI is InChI=1S/C28H36N2/c1-7-17-30(6)27-16-12-11-15-26(27)29-28-24(20(2)3)18-23(19-25(28)21(4)5)22-13-9-8-10-14-22/h8-16,18-21,29H,7,17H2,1-6H3. The van der Waals surface area contributed by atoms with Crippen LogP contribution >= 0.6 is 0 Å². The third kappa shape index (κ3) is 4.87. The summed E-state index contributed by atoms with van der Waals surface area (Å²) in [4.78, 5) is 2.34. The SMILES string of the molecule is CCCN(C)c1ccccc1Nc1c(C(C)C)cc(-c2ccccc2)cc1C(C)C. The second-order valence-electron chi connectivity index (χ2n) is 8.77. The van der Waals surface area contributed by atoms with Crippen LogP contribution in [0.15, 0.2) is 66.7 Å². The molecule has 3 aromatic carbocycles. The highest BCUT2D eigenvalue weighted by Crippen LogP contribution is 2.40. The fourth-order valence-corrected chi connectivity index (χ4v) is 4.04. The van der Waals surface area contributed by atoms with Crippen LogP contribution in [0.5, 0.6) is 0 Å². The first kappa shape index (κ1) is 22.0. The largest absolute Gasteiger partial charge is 0.373 e. The Kier molecular flexibility index (Phi) is 7.20.